The molecular formula is C55H87N2O11+. The SMILES string of the molecule is C=CC(=O)OCCCCCCCCCCCOc1cc(C(=O)OCCn2cc[n+](C)c2)cc(OCCCCCCCCCCCOC(=O)C=C)c1OCCCCCCCCCCCOC(=O)C=C. The molecule has 1 aromatic heterocycles. The topological polar surface area (TPSA) is 142 Å². The summed E-state index contributed by atoms with van der Waals surface area (Å²) in [5.74, 6) is 0.0314. The van der Waals surface area contributed by atoms with Gasteiger partial charge >= 0.3 is 23.9 Å². The van der Waals surface area contributed by atoms with Crippen molar-refractivity contribution in [1.82, 2.24) is 4.57 Å². The summed E-state index contributed by atoms with van der Waals surface area (Å²) in [6.07, 6.45) is 38.2. The Morgan fingerprint density at radius 2 is 0.779 bits per heavy atom. The minimum absolute atomic E-state index is 0.224. The number of imidazole rings is 1. The molecule has 0 aliphatic rings. The lowest BCUT2D eigenvalue weighted by Crippen LogP contribution is -2.24. The monoisotopic (exact) mass is 952 g/mol. The van der Waals surface area contributed by atoms with Gasteiger partial charge in [0, 0.05) is 18.2 Å². The highest BCUT2D eigenvalue weighted by Gasteiger charge is 2.20. The maximum Gasteiger partial charge on any atom is 0.338 e. The Labute approximate surface area is 408 Å². The van der Waals surface area contributed by atoms with Crippen molar-refractivity contribution in [3.05, 3.63) is 74.4 Å². The molecule has 0 spiro atoms. The Kier molecular flexibility index (Phi) is 35.6. The predicted molar refractivity (Wildman–Crippen MR) is 267 cm³/mol. The van der Waals surface area contributed by atoms with Crippen LogP contribution in [-0.4, -0.2) is 74.7 Å². The standard InChI is InChI=1S/C55H87N2O11/c1-5-51(58)64-40-31-25-19-13-8-11-17-23-29-38-62-49-45-48(55(61)68-44-37-57-36-35-56(4)47-57)46-50(63-39-30-24-18-12-9-14-20-26-32-41-65-52(59)6-2)54(49)67-43-34-28-22-16-10-15-21-27-33-42-66-53(60)7-3/h5-7,35-36,45-47H,1-3,8-34,37-44H2,4H3/q+1. The lowest BCUT2D eigenvalue weighted by atomic mass is 10.1. The second-order valence-electron chi connectivity index (χ2n) is 17.5. The zero-order valence-corrected chi connectivity index (χ0v) is 41.9. The highest BCUT2D eigenvalue weighted by atomic mass is 16.6. The summed E-state index contributed by atoms with van der Waals surface area (Å²) in [5, 5.41) is 0. The number of rotatable bonds is 46. The second kappa shape index (κ2) is 40.9. The van der Waals surface area contributed by atoms with Crippen molar-refractivity contribution in [2.75, 3.05) is 46.2 Å². The summed E-state index contributed by atoms with van der Waals surface area (Å²) in [6, 6.07) is 3.49. The van der Waals surface area contributed by atoms with Crippen molar-refractivity contribution in [1.29, 1.82) is 0 Å². The van der Waals surface area contributed by atoms with Crippen molar-refractivity contribution in [3.63, 3.8) is 0 Å². The van der Waals surface area contributed by atoms with Crippen LogP contribution in [0.5, 0.6) is 17.2 Å². The van der Waals surface area contributed by atoms with Gasteiger partial charge in [0.15, 0.2) is 11.5 Å². The van der Waals surface area contributed by atoms with Crippen LogP contribution >= 0.6 is 0 Å². The van der Waals surface area contributed by atoms with Gasteiger partial charge in [0.05, 0.1) is 52.3 Å². The first kappa shape index (κ1) is 59.1. The van der Waals surface area contributed by atoms with E-state index in [4.69, 9.17) is 33.2 Å². The number of esters is 4. The van der Waals surface area contributed by atoms with E-state index >= 15 is 0 Å². The van der Waals surface area contributed by atoms with E-state index in [-0.39, 0.29) is 24.5 Å². The summed E-state index contributed by atoms with van der Waals surface area (Å²) < 4.78 is 44.2. The van der Waals surface area contributed by atoms with Crippen LogP contribution in [0.3, 0.4) is 0 Å². The fraction of sp³-hybridized carbons (Fsp3) is 0.655. The summed E-state index contributed by atoms with van der Waals surface area (Å²) in [5.41, 5.74) is 0.371. The molecule has 2 aromatic rings. The van der Waals surface area contributed by atoms with Crippen LogP contribution in [0.4, 0.5) is 0 Å². The van der Waals surface area contributed by atoms with Gasteiger partial charge in [-0.15, -0.1) is 0 Å². The normalized spacial score (nSPS) is 10.8. The van der Waals surface area contributed by atoms with Crippen molar-refractivity contribution < 1.29 is 56.9 Å². The minimum atomic E-state index is -0.436. The Morgan fingerprint density at radius 1 is 0.456 bits per heavy atom. The number of aromatic nitrogens is 2. The molecule has 0 aliphatic heterocycles. The fourth-order valence-electron chi connectivity index (χ4n) is 7.57. The molecule has 68 heavy (non-hydrogen) atoms. The molecule has 0 bridgehead atoms. The summed E-state index contributed by atoms with van der Waals surface area (Å²) in [7, 11) is 1.95. The van der Waals surface area contributed by atoms with Gasteiger partial charge in [0.2, 0.25) is 12.1 Å². The molecule has 0 aliphatic carbocycles. The average molecular weight is 952 g/mol. The molecule has 382 valence electrons. The Balaban J connectivity index is 1.96. The zero-order chi connectivity index (χ0) is 49.1. The van der Waals surface area contributed by atoms with E-state index in [0.29, 0.717) is 69.0 Å². The van der Waals surface area contributed by atoms with Crippen LogP contribution in [0.2, 0.25) is 0 Å². The third kappa shape index (κ3) is 31.1. The van der Waals surface area contributed by atoms with Gasteiger partial charge in [-0.1, -0.05) is 155 Å². The molecule has 13 nitrogen and oxygen atoms in total. The number of carbonyl (C=O) groups is 4. The van der Waals surface area contributed by atoms with Gasteiger partial charge in [-0.05, 0) is 50.7 Å². The van der Waals surface area contributed by atoms with E-state index in [1.54, 1.807) is 12.1 Å². The minimum Gasteiger partial charge on any atom is -0.490 e. The van der Waals surface area contributed by atoms with E-state index in [0.717, 1.165) is 135 Å². The van der Waals surface area contributed by atoms with Crippen LogP contribution in [-0.2, 0) is 46.9 Å². The first-order valence-electron chi connectivity index (χ1n) is 25.9. The number of ether oxygens (including phenoxy) is 7. The van der Waals surface area contributed by atoms with E-state index in [9.17, 15) is 19.2 Å². The summed E-state index contributed by atoms with van der Waals surface area (Å²) in [6.45, 7) is 13.9. The van der Waals surface area contributed by atoms with E-state index in [1.165, 1.54) is 56.8 Å². The highest BCUT2D eigenvalue weighted by Crippen LogP contribution is 2.40. The van der Waals surface area contributed by atoms with E-state index in [2.05, 4.69) is 19.7 Å². The number of nitrogens with zero attached hydrogens (tertiary/aromatic N) is 2. The van der Waals surface area contributed by atoms with E-state index < -0.39 is 5.97 Å². The molecule has 0 amide bonds. The van der Waals surface area contributed by atoms with Gasteiger partial charge in [-0.25, -0.2) is 28.3 Å². The maximum absolute atomic E-state index is 13.5. The van der Waals surface area contributed by atoms with Crippen LogP contribution in [0.15, 0.2) is 68.8 Å². The number of hydrogen-bond acceptors (Lipinski definition) is 11. The Morgan fingerprint density at radius 3 is 1.10 bits per heavy atom. The molecule has 0 radical (unpaired) electrons. The van der Waals surface area contributed by atoms with Gasteiger partial charge in [0.25, 0.3) is 0 Å². The van der Waals surface area contributed by atoms with Gasteiger partial charge in [-0.2, -0.15) is 0 Å². The molecule has 0 fully saturated rings. The van der Waals surface area contributed by atoms with Crippen LogP contribution in [0, 0.1) is 0 Å². The molecule has 0 N–H and O–H groups in total. The Hall–Kier alpha value is -5.07. The lowest BCUT2D eigenvalue weighted by Gasteiger charge is -2.19. The maximum atomic E-state index is 13.5. The highest BCUT2D eigenvalue weighted by molar-refractivity contribution is 5.91. The van der Waals surface area contributed by atoms with Crippen molar-refractivity contribution >= 4 is 23.9 Å². The fourth-order valence-corrected chi connectivity index (χ4v) is 7.57. The first-order chi connectivity index (χ1) is 33.3. The van der Waals surface area contributed by atoms with Gasteiger partial charge in [0.1, 0.15) is 25.5 Å². The number of carbonyl (C=O) groups excluding carboxylic acids is 4. The quantitative estimate of drug-likeness (QED) is 0.0206. The Bertz CT molecular complexity index is 1620. The van der Waals surface area contributed by atoms with E-state index in [1.807, 2.05) is 34.9 Å². The molecule has 1 aromatic carbocycles. The smallest absolute Gasteiger partial charge is 0.338 e. The molecule has 0 saturated carbocycles. The predicted octanol–water partition coefficient (Wildman–Crippen LogP) is 12.0. The van der Waals surface area contributed by atoms with Gasteiger partial charge < -0.3 is 33.2 Å². The largest absolute Gasteiger partial charge is 0.490 e. The van der Waals surface area contributed by atoms with Crippen LogP contribution in [0.1, 0.15) is 184 Å². The molecule has 0 unspecified atom stereocenters. The zero-order valence-electron chi connectivity index (χ0n) is 41.9. The molecular weight excluding hydrogens is 865 g/mol. The number of benzene rings is 1. The second-order valence-corrected chi connectivity index (χ2v) is 17.5. The third-order valence-electron chi connectivity index (χ3n) is 11.5. The van der Waals surface area contributed by atoms with Crippen molar-refractivity contribution in [2.24, 2.45) is 7.05 Å². The lowest BCUT2D eigenvalue weighted by molar-refractivity contribution is -0.671. The van der Waals surface area contributed by atoms with Crippen LogP contribution in [0.25, 0.3) is 0 Å². The number of aryl methyl sites for hydroxylation is 1. The number of hydrogen-bond donors (Lipinski definition) is 0. The molecule has 13 heteroatoms. The molecule has 1 heterocycles. The summed E-state index contributed by atoms with van der Waals surface area (Å²) >= 11 is 0. The molecule has 0 atom stereocenters. The van der Waals surface area contributed by atoms with Crippen molar-refractivity contribution in [3.8, 4) is 17.2 Å². The summed E-state index contributed by atoms with van der Waals surface area (Å²) in [4.78, 5) is 47.1. The van der Waals surface area contributed by atoms with Crippen molar-refractivity contribution in [2.45, 2.75) is 180 Å². The molecule has 0 saturated heterocycles. The molecule has 2 rings (SSSR count). The van der Waals surface area contributed by atoms with Crippen LogP contribution < -0.4 is 18.8 Å². The average Bonchev–Trinajstić information content (AvgIpc) is 3.77. The first-order valence-corrected chi connectivity index (χ1v) is 25.9. The third-order valence-corrected chi connectivity index (χ3v) is 11.5. The van der Waals surface area contributed by atoms with Gasteiger partial charge in [-0.3, -0.25) is 0 Å². The number of unbranched alkanes of at least 4 members (excludes halogenated alkanes) is 24.